The molecule has 2 heterocycles. The lowest BCUT2D eigenvalue weighted by atomic mass is 10.1. The zero-order valence-electron chi connectivity index (χ0n) is 10.1. The Morgan fingerprint density at radius 3 is 2.67 bits per heavy atom. The molecule has 18 heavy (non-hydrogen) atoms. The second-order valence-electron chi connectivity index (χ2n) is 4.05. The molecule has 0 amide bonds. The van der Waals surface area contributed by atoms with Crippen molar-refractivity contribution in [1.29, 1.82) is 0 Å². The molecule has 1 atom stereocenters. The van der Waals surface area contributed by atoms with E-state index in [2.05, 4.69) is 67.7 Å². The average Bonchev–Trinajstić information content (AvgIpc) is 2.93. The van der Waals surface area contributed by atoms with Gasteiger partial charge in [-0.05, 0) is 68.4 Å². The summed E-state index contributed by atoms with van der Waals surface area (Å²) in [5.41, 5.74) is 0. The summed E-state index contributed by atoms with van der Waals surface area (Å²) >= 11 is 10.8. The van der Waals surface area contributed by atoms with Crippen molar-refractivity contribution in [3.05, 3.63) is 41.6 Å². The van der Waals surface area contributed by atoms with Crippen LogP contribution in [-0.4, -0.2) is 6.54 Å². The van der Waals surface area contributed by atoms with Crippen LogP contribution in [0, 0.1) is 0 Å². The average molecular weight is 409 g/mol. The van der Waals surface area contributed by atoms with Gasteiger partial charge in [0, 0.05) is 26.7 Å². The molecule has 2 aromatic heterocycles. The molecule has 2 aromatic rings. The highest BCUT2D eigenvalue weighted by Gasteiger charge is 2.16. The van der Waals surface area contributed by atoms with Crippen molar-refractivity contribution < 1.29 is 0 Å². The fraction of sp³-hybridized carbons (Fsp3) is 0.385. The minimum absolute atomic E-state index is 0.407. The van der Waals surface area contributed by atoms with Gasteiger partial charge in [-0.1, -0.05) is 6.92 Å². The second-order valence-corrected chi connectivity index (χ2v) is 8.40. The van der Waals surface area contributed by atoms with Crippen LogP contribution < -0.4 is 5.32 Å². The summed E-state index contributed by atoms with van der Waals surface area (Å²) in [5.74, 6) is 0. The van der Waals surface area contributed by atoms with Crippen LogP contribution in [0.4, 0.5) is 0 Å². The maximum atomic E-state index is 3.64. The Balaban J connectivity index is 2.12. The van der Waals surface area contributed by atoms with Crippen molar-refractivity contribution in [2.24, 2.45) is 0 Å². The van der Waals surface area contributed by atoms with Gasteiger partial charge in [-0.15, -0.1) is 22.7 Å². The molecule has 1 N–H and O–H groups in total. The van der Waals surface area contributed by atoms with E-state index < -0.39 is 0 Å². The summed E-state index contributed by atoms with van der Waals surface area (Å²) in [6.07, 6.45) is 2.21. The summed E-state index contributed by atoms with van der Waals surface area (Å²) in [5, 5.41) is 5.79. The molecule has 0 bridgehead atoms. The first kappa shape index (κ1) is 14.7. The first-order valence-corrected chi connectivity index (χ1v) is 9.19. The SMILES string of the molecule is CCCNC(Cc1ccc(Br)s1)c1sccc1Br. The van der Waals surface area contributed by atoms with Crippen LogP contribution >= 0.6 is 54.5 Å². The van der Waals surface area contributed by atoms with Crippen molar-refractivity contribution >= 4 is 54.5 Å². The Kier molecular flexibility index (Phi) is 5.89. The van der Waals surface area contributed by atoms with Crippen LogP contribution in [0.25, 0.3) is 0 Å². The third-order valence-electron chi connectivity index (χ3n) is 2.64. The summed E-state index contributed by atoms with van der Waals surface area (Å²) < 4.78 is 2.42. The summed E-state index contributed by atoms with van der Waals surface area (Å²) in [4.78, 5) is 2.81. The second kappa shape index (κ2) is 7.20. The largest absolute Gasteiger partial charge is 0.309 e. The first-order chi connectivity index (χ1) is 8.70. The number of hydrogen-bond acceptors (Lipinski definition) is 3. The first-order valence-electron chi connectivity index (χ1n) is 5.91. The van der Waals surface area contributed by atoms with E-state index in [0.29, 0.717) is 6.04 Å². The Morgan fingerprint density at radius 2 is 2.11 bits per heavy atom. The Labute approximate surface area is 133 Å². The van der Waals surface area contributed by atoms with E-state index in [4.69, 9.17) is 0 Å². The zero-order chi connectivity index (χ0) is 13.0. The quantitative estimate of drug-likeness (QED) is 0.654. The van der Waals surface area contributed by atoms with Crippen molar-refractivity contribution in [1.82, 2.24) is 5.32 Å². The normalized spacial score (nSPS) is 12.8. The lowest BCUT2D eigenvalue weighted by Gasteiger charge is -2.17. The van der Waals surface area contributed by atoms with E-state index in [1.807, 2.05) is 22.7 Å². The predicted molar refractivity (Wildman–Crippen MR) is 88.8 cm³/mol. The van der Waals surface area contributed by atoms with E-state index in [9.17, 15) is 0 Å². The highest BCUT2D eigenvalue weighted by Crippen LogP contribution is 2.33. The Morgan fingerprint density at radius 1 is 1.28 bits per heavy atom. The van der Waals surface area contributed by atoms with Crippen molar-refractivity contribution in [3.63, 3.8) is 0 Å². The van der Waals surface area contributed by atoms with E-state index in [1.54, 1.807) is 0 Å². The standard InChI is InChI=1S/C13H15Br2NS2/c1-2-6-16-11(13-10(14)5-7-17-13)8-9-3-4-12(15)18-9/h3-5,7,11,16H,2,6,8H2,1H3. The molecule has 0 aliphatic carbocycles. The van der Waals surface area contributed by atoms with Crippen LogP contribution in [-0.2, 0) is 6.42 Å². The lowest BCUT2D eigenvalue weighted by Crippen LogP contribution is -2.23. The smallest absolute Gasteiger partial charge is 0.0701 e. The Hall–Kier alpha value is 0.320. The molecular formula is C13H15Br2NS2. The molecule has 0 saturated heterocycles. The van der Waals surface area contributed by atoms with E-state index in [1.165, 1.54) is 18.0 Å². The van der Waals surface area contributed by atoms with Gasteiger partial charge in [0.05, 0.1) is 3.79 Å². The van der Waals surface area contributed by atoms with Crippen molar-refractivity contribution in [3.8, 4) is 0 Å². The fourth-order valence-electron chi connectivity index (χ4n) is 1.79. The number of halogens is 2. The third kappa shape index (κ3) is 3.90. The molecular weight excluding hydrogens is 394 g/mol. The number of rotatable bonds is 6. The maximum absolute atomic E-state index is 3.64. The van der Waals surface area contributed by atoms with Crippen LogP contribution in [0.3, 0.4) is 0 Å². The van der Waals surface area contributed by atoms with Crippen LogP contribution in [0.5, 0.6) is 0 Å². The molecule has 0 aliphatic rings. The fourth-order valence-corrected chi connectivity index (χ4v) is 5.05. The van der Waals surface area contributed by atoms with Gasteiger partial charge in [-0.25, -0.2) is 0 Å². The molecule has 98 valence electrons. The minimum Gasteiger partial charge on any atom is -0.309 e. The molecule has 1 nitrogen and oxygen atoms in total. The number of nitrogens with one attached hydrogen (secondary N) is 1. The van der Waals surface area contributed by atoms with E-state index in [0.717, 1.165) is 19.4 Å². The van der Waals surface area contributed by atoms with Gasteiger partial charge < -0.3 is 5.32 Å². The van der Waals surface area contributed by atoms with Gasteiger partial charge in [0.2, 0.25) is 0 Å². The molecule has 0 radical (unpaired) electrons. The number of thiophene rings is 2. The van der Waals surface area contributed by atoms with Crippen molar-refractivity contribution in [2.45, 2.75) is 25.8 Å². The predicted octanol–water partition coefficient (Wildman–Crippen LogP) is 5.62. The number of hydrogen-bond donors (Lipinski definition) is 1. The molecule has 0 aliphatic heterocycles. The molecule has 0 saturated carbocycles. The van der Waals surface area contributed by atoms with Crippen molar-refractivity contribution in [2.75, 3.05) is 6.54 Å². The van der Waals surface area contributed by atoms with Gasteiger partial charge in [0.15, 0.2) is 0 Å². The highest BCUT2D eigenvalue weighted by molar-refractivity contribution is 9.11. The van der Waals surface area contributed by atoms with Crippen LogP contribution in [0.15, 0.2) is 31.8 Å². The molecule has 0 fully saturated rings. The minimum atomic E-state index is 0.407. The third-order valence-corrected chi connectivity index (χ3v) is 6.27. The maximum Gasteiger partial charge on any atom is 0.0701 e. The van der Waals surface area contributed by atoms with Gasteiger partial charge in [0.1, 0.15) is 0 Å². The molecule has 1 unspecified atom stereocenters. The van der Waals surface area contributed by atoms with E-state index in [-0.39, 0.29) is 0 Å². The molecule has 0 aromatic carbocycles. The lowest BCUT2D eigenvalue weighted by molar-refractivity contribution is 0.538. The van der Waals surface area contributed by atoms with E-state index >= 15 is 0 Å². The monoisotopic (exact) mass is 407 g/mol. The van der Waals surface area contributed by atoms with Gasteiger partial charge in [0.25, 0.3) is 0 Å². The topological polar surface area (TPSA) is 12.0 Å². The molecule has 5 heteroatoms. The molecule has 2 rings (SSSR count). The van der Waals surface area contributed by atoms with Gasteiger partial charge in [-0.2, -0.15) is 0 Å². The summed E-state index contributed by atoms with van der Waals surface area (Å²) in [7, 11) is 0. The highest BCUT2D eigenvalue weighted by atomic mass is 79.9. The Bertz CT molecular complexity index is 493. The van der Waals surface area contributed by atoms with Gasteiger partial charge in [-0.3, -0.25) is 0 Å². The zero-order valence-corrected chi connectivity index (χ0v) is 14.9. The van der Waals surface area contributed by atoms with Gasteiger partial charge >= 0.3 is 0 Å². The molecule has 0 spiro atoms. The van der Waals surface area contributed by atoms with Crippen LogP contribution in [0.2, 0.25) is 0 Å². The van der Waals surface area contributed by atoms with Crippen LogP contribution in [0.1, 0.15) is 29.1 Å². The summed E-state index contributed by atoms with van der Waals surface area (Å²) in [6, 6.07) is 6.87. The summed E-state index contributed by atoms with van der Waals surface area (Å²) in [6.45, 7) is 3.26.